The number of hydrogen-bond donors (Lipinski definition) is 2. The van der Waals surface area contributed by atoms with E-state index in [0.717, 1.165) is 0 Å². The van der Waals surface area contributed by atoms with E-state index in [1.807, 2.05) is 0 Å². The smallest absolute Gasteiger partial charge is 0.354 e. The predicted molar refractivity (Wildman–Crippen MR) is 86.3 cm³/mol. The summed E-state index contributed by atoms with van der Waals surface area (Å²) in [6, 6.07) is 6.57. The zero-order chi connectivity index (χ0) is 17.0. The second-order valence-corrected chi connectivity index (χ2v) is 5.25. The molecule has 1 aromatic carbocycles. The van der Waals surface area contributed by atoms with E-state index in [2.05, 4.69) is 10.3 Å². The molecule has 6 nitrogen and oxygen atoms in total. The van der Waals surface area contributed by atoms with Crippen molar-refractivity contribution in [3.05, 3.63) is 52.3 Å². The van der Waals surface area contributed by atoms with Crippen LogP contribution in [-0.2, 0) is 11.2 Å². The van der Waals surface area contributed by atoms with Crippen LogP contribution in [0.25, 0.3) is 0 Å². The first kappa shape index (κ1) is 16.8. The summed E-state index contributed by atoms with van der Waals surface area (Å²) in [6.07, 6.45) is 1.39. The number of pyridine rings is 1. The zero-order valence-corrected chi connectivity index (χ0v) is 13.3. The van der Waals surface area contributed by atoms with Gasteiger partial charge < -0.3 is 15.2 Å². The summed E-state index contributed by atoms with van der Waals surface area (Å²) in [5, 5.41) is 12.2. The number of aromatic nitrogens is 1. The lowest BCUT2D eigenvalue weighted by Gasteiger charge is -2.11. The van der Waals surface area contributed by atoms with Crippen LogP contribution in [-0.4, -0.2) is 29.1 Å². The largest absolute Gasteiger partial charge is 0.496 e. The fourth-order valence-electron chi connectivity index (χ4n) is 2.14. The number of anilines is 1. The lowest BCUT2D eigenvalue weighted by atomic mass is 10.1. The lowest BCUT2D eigenvalue weighted by Crippen LogP contribution is -2.17. The van der Waals surface area contributed by atoms with Crippen LogP contribution in [0.15, 0.2) is 30.5 Å². The Bertz CT molecular complexity index is 762. The fraction of sp³-hybridized carbons (Fsp3) is 0.188. The summed E-state index contributed by atoms with van der Waals surface area (Å²) >= 11 is 5.94. The molecule has 0 saturated carbocycles. The number of carboxylic acids is 1. The van der Waals surface area contributed by atoms with Crippen LogP contribution in [0.3, 0.4) is 0 Å². The molecule has 1 aromatic heterocycles. The minimum atomic E-state index is -1.14. The molecule has 23 heavy (non-hydrogen) atoms. The lowest BCUT2D eigenvalue weighted by molar-refractivity contribution is -0.115. The average molecular weight is 335 g/mol. The van der Waals surface area contributed by atoms with Crippen molar-refractivity contribution < 1.29 is 19.4 Å². The van der Waals surface area contributed by atoms with Gasteiger partial charge in [0.15, 0.2) is 5.69 Å². The highest BCUT2D eigenvalue weighted by Gasteiger charge is 2.15. The summed E-state index contributed by atoms with van der Waals surface area (Å²) < 4.78 is 5.20. The van der Waals surface area contributed by atoms with Gasteiger partial charge >= 0.3 is 5.97 Å². The van der Waals surface area contributed by atoms with Gasteiger partial charge in [-0.15, -0.1) is 0 Å². The van der Waals surface area contributed by atoms with Crippen LogP contribution >= 0.6 is 11.6 Å². The standard InChI is InChI=1S/C16H15ClN2O4/c1-9-12(5-6-18-15(9)16(21)22)19-14(20)8-10-7-11(17)3-4-13(10)23-2/h3-7H,8H2,1-2H3,(H,21,22)(H,18,19,20). The number of ether oxygens (including phenoxy) is 1. The molecular formula is C16H15ClN2O4. The molecule has 0 aliphatic heterocycles. The first-order valence-corrected chi connectivity index (χ1v) is 7.11. The number of carboxylic acid groups (broad SMARTS) is 1. The molecular weight excluding hydrogens is 320 g/mol. The van der Waals surface area contributed by atoms with Crippen LogP contribution in [0, 0.1) is 6.92 Å². The highest BCUT2D eigenvalue weighted by Crippen LogP contribution is 2.24. The van der Waals surface area contributed by atoms with E-state index in [-0.39, 0.29) is 18.0 Å². The Morgan fingerprint density at radius 1 is 1.35 bits per heavy atom. The van der Waals surface area contributed by atoms with Gasteiger partial charge in [-0.05, 0) is 31.2 Å². The van der Waals surface area contributed by atoms with Crippen molar-refractivity contribution in [1.82, 2.24) is 4.98 Å². The maximum Gasteiger partial charge on any atom is 0.354 e. The van der Waals surface area contributed by atoms with Gasteiger partial charge in [-0.25, -0.2) is 9.78 Å². The third-order valence-corrected chi connectivity index (χ3v) is 3.51. The maximum absolute atomic E-state index is 12.2. The van der Waals surface area contributed by atoms with Crippen LogP contribution in [0.4, 0.5) is 5.69 Å². The van der Waals surface area contributed by atoms with Crippen LogP contribution in [0.5, 0.6) is 5.75 Å². The van der Waals surface area contributed by atoms with Gasteiger partial charge in [0, 0.05) is 28.0 Å². The topological polar surface area (TPSA) is 88.5 Å². The molecule has 0 unspecified atom stereocenters. The fourth-order valence-corrected chi connectivity index (χ4v) is 2.33. The van der Waals surface area contributed by atoms with Gasteiger partial charge in [-0.3, -0.25) is 4.79 Å². The molecule has 7 heteroatoms. The summed E-state index contributed by atoms with van der Waals surface area (Å²) in [5.74, 6) is -0.895. The highest BCUT2D eigenvalue weighted by atomic mass is 35.5. The van der Waals surface area contributed by atoms with Crippen molar-refractivity contribution in [1.29, 1.82) is 0 Å². The molecule has 2 N–H and O–H groups in total. The van der Waals surface area contributed by atoms with Crippen molar-refractivity contribution in [3.63, 3.8) is 0 Å². The predicted octanol–water partition coefficient (Wildman–Crippen LogP) is 2.93. The number of carbonyl (C=O) groups is 2. The zero-order valence-electron chi connectivity index (χ0n) is 12.6. The Morgan fingerprint density at radius 2 is 2.09 bits per heavy atom. The normalized spacial score (nSPS) is 10.2. The number of nitrogens with zero attached hydrogens (tertiary/aromatic N) is 1. The maximum atomic E-state index is 12.2. The van der Waals surface area contributed by atoms with E-state index < -0.39 is 5.97 Å². The molecule has 0 fully saturated rings. The van der Waals surface area contributed by atoms with Crippen LogP contribution in [0.1, 0.15) is 21.6 Å². The number of rotatable bonds is 5. The van der Waals surface area contributed by atoms with Gasteiger partial charge in [0.05, 0.1) is 13.5 Å². The SMILES string of the molecule is COc1ccc(Cl)cc1CC(=O)Nc1ccnc(C(=O)O)c1C. The van der Waals surface area contributed by atoms with E-state index in [1.54, 1.807) is 31.2 Å². The molecule has 0 atom stereocenters. The summed E-state index contributed by atoms with van der Waals surface area (Å²) in [7, 11) is 1.51. The molecule has 1 heterocycles. The number of methoxy groups -OCH3 is 1. The summed E-state index contributed by atoms with van der Waals surface area (Å²) in [4.78, 5) is 27.1. The molecule has 2 aromatic rings. The number of hydrogen-bond acceptors (Lipinski definition) is 4. The van der Waals surface area contributed by atoms with Gasteiger partial charge in [-0.1, -0.05) is 11.6 Å². The Kier molecular flexibility index (Phi) is 5.18. The second kappa shape index (κ2) is 7.11. The quantitative estimate of drug-likeness (QED) is 0.877. The van der Waals surface area contributed by atoms with E-state index in [0.29, 0.717) is 27.6 Å². The van der Waals surface area contributed by atoms with Gasteiger partial charge in [-0.2, -0.15) is 0 Å². The first-order valence-electron chi connectivity index (χ1n) is 6.73. The molecule has 0 saturated heterocycles. The number of halogens is 1. The van der Waals surface area contributed by atoms with E-state index >= 15 is 0 Å². The number of aromatic carboxylic acids is 1. The Balaban J connectivity index is 2.19. The number of nitrogens with one attached hydrogen (secondary N) is 1. The molecule has 0 radical (unpaired) electrons. The highest BCUT2D eigenvalue weighted by molar-refractivity contribution is 6.30. The molecule has 1 amide bonds. The van der Waals surface area contributed by atoms with Gasteiger partial charge in [0.2, 0.25) is 5.91 Å². The second-order valence-electron chi connectivity index (χ2n) is 4.82. The number of carbonyl (C=O) groups excluding carboxylic acids is 1. The minimum absolute atomic E-state index is 0.0495. The van der Waals surface area contributed by atoms with E-state index in [1.165, 1.54) is 13.3 Å². The van der Waals surface area contributed by atoms with Gasteiger partial charge in [0.25, 0.3) is 0 Å². The van der Waals surface area contributed by atoms with Crippen molar-refractivity contribution in [2.75, 3.05) is 12.4 Å². The summed E-state index contributed by atoms with van der Waals surface area (Å²) in [6.45, 7) is 1.59. The van der Waals surface area contributed by atoms with Crippen LogP contribution < -0.4 is 10.1 Å². The number of benzene rings is 1. The first-order chi connectivity index (χ1) is 10.9. The molecule has 0 spiro atoms. The molecule has 0 aliphatic carbocycles. The minimum Gasteiger partial charge on any atom is -0.496 e. The van der Waals surface area contributed by atoms with Crippen molar-refractivity contribution in [2.24, 2.45) is 0 Å². The van der Waals surface area contributed by atoms with Crippen molar-refractivity contribution in [3.8, 4) is 5.75 Å². The third-order valence-electron chi connectivity index (χ3n) is 3.27. The Morgan fingerprint density at radius 3 is 2.74 bits per heavy atom. The molecule has 0 aliphatic rings. The Hall–Kier alpha value is -2.60. The monoisotopic (exact) mass is 334 g/mol. The average Bonchev–Trinajstić information content (AvgIpc) is 2.49. The van der Waals surface area contributed by atoms with Crippen molar-refractivity contribution in [2.45, 2.75) is 13.3 Å². The number of amides is 1. The van der Waals surface area contributed by atoms with Crippen molar-refractivity contribution >= 4 is 29.2 Å². The molecule has 0 bridgehead atoms. The third kappa shape index (κ3) is 3.98. The van der Waals surface area contributed by atoms with Crippen LogP contribution in [0.2, 0.25) is 5.02 Å². The van der Waals surface area contributed by atoms with Gasteiger partial charge in [0.1, 0.15) is 5.75 Å². The van der Waals surface area contributed by atoms with E-state index in [9.17, 15) is 9.59 Å². The molecule has 2 rings (SSSR count). The summed E-state index contributed by atoms with van der Waals surface area (Å²) in [5.41, 5.74) is 1.35. The molecule has 120 valence electrons. The van der Waals surface area contributed by atoms with E-state index in [4.69, 9.17) is 21.4 Å². The Labute approximate surface area is 138 Å².